The summed E-state index contributed by atoms with van der Waals surface area (Å²) in [4.78, 5) is 13.5. The third-order valence-corrected chi connectivity index (χ3v) is 4.35. The van der Waals surface area contributed by atoms with Crippen LogP contribution < -0.4 is 5.32 Å². The van der Waals surface area contributed by atoms with Gasteiger partial charge in [0, 0.05) is 23.5 Å². The molecule has 0 aliphatic rings. The zero-order valence-corrected chi connectivity index (χ0v) is 15.8. The van der Waals surface area contributed by atoms with Gasteiger partial charge in [-0.1, -0.05) is 12.1 Å². The van der Waals surface area contributed by atoms with E-state index in [4.69, 9.17) is 4.98 Å². The highest BCUT2D eigenvalue weighted by molar-refractivity contribution is 8.93. The van der Waals surface area contributed by atoms with Crippen LogP contribution in [-0.2, 0) is 0 Å². The average Bonchev–Trinajstić information content (AvgIpc) is 3.10. The Morgan fingerprint density at radius 1 is 1.12 bits per heavy atom. The molecule has 0 aliphatic carbocycles. The second-order valence-corrected chi connectivity index (χ2v) is 6.23. The Labute approximate surface area is 154 Å². The van der Waals surface area contributed by atoms with Crippen molar-refractivity contribution in [2.24, 2.45) is 0 Å². The number of rotatable bonds is 3. The van der Waals surface area contributed by atoms with E-state index in [1.54, 1.807) is 17.5 Å². The number of hydrogen-bond donors (Lipinski definition) is 1. The van der Waals surface area contributed by atoms with Gasteiger partial charge in [0.05, 0.1) is 11.4 Å². The number of aryl methyl sites for hydroxylation is 2. The van der Waals surface area contributed by atoms with Crippen LogP contribution in [0.3, 0.4) is 0 Å². The maximum absolute atomic E-state index is 4.71. The molecule has 0 fully saturated rings. The van der Waals surface area contributed by atoms with Gasteiger partial charge in [-0.05, 0) is 37.6 Å². The molecule has 3 heterocycles. The average molecular weight is 402 g/mol. The summed E-state index contributed by atoms with van der Waals surface area (Å²) in [6.07, 6.45) is 3.71. The van der Waals surface area contributed by atoms with Gasteiger partial charge in [0.25, 0.3) is 0 Å². The molecule has 0 aliphatic heterocycles. The first kappa shape index (κ1) is 16.6. The topological polar surface area (TPSA) is 55.1 Å². The van der Waals surface area contributed by atoms with Crippen LogP contribution in [0.4, 0.5) is 10.8 Å². The molecule has 0 radical (unpaired) electrons. The summed E-state index contributed by atoms with van der Waals surface area (Å²) in [6.45, 7) is 4.06. The zero-order valence-electron chi connectivity index (χ0n) is 13.2. The number of anilines is 2. The van der Waals surface area contributed by atoms with Gasteiger partial charge in [-0.3, -0.25) is 4.40 Å². The first-order valence-corrected chi connectivity index (χ1v) is 8.18. The highest BCUT2D eigenvalue weighted by Gasteiger charge is 2.14. The van der Waals surface area contributed by atoms with Crippen molar-refractivity contribution in [1.29, 1.82) is 0 Å². The van der Waals surface area contributed by atoms with Crippen LogP contribution in [0.1, 0.15) is 11.3 Å². The molecule has 0 bridgehead atoms. The van der Waals surface area contributed by atoms with Gasteiger partial charge in [0.15, 0.2) is 5.13 Å². The molecule has 0 amide bonds. The molecule has 1 N–H and O–H groups in total. The molecule has 0 spiro atoms. The normalized spacial score (nSPS) is 10.6. The third kappa shape index (κ3) is 3.05. The van der Waals surface area contributed by atoms with E-state index < -0.39 is 0 Å². The van der Waals surface area contributed by atoms with Gasteiger partial charge in [0.2, 0.25) is 5.78 Å². The third-order valence-electron chi connectivity index (χ3n) is 3.59. The van der Waals surface area contributed by atoms with E-state index in [9.17, 15) is 0 Å². The highest BCUT2D eigenvalue weighted by Crippen LogP contribution is 2.29. The minimum atomic E-state index is 0. The number of hydrogen-bond acceptors (Lipinski definition) is 5. The van der Waals surface area contributed by atoms with E-state index in [-0.39, 0.29) is 17.0 Å². The fourth-order valence-corrected chi connectivity index (χ4v) is 3.31. The van der Waals surface area contributed by atoms with Gasteiger partial charge >= 0.3 is 0 Å². The Kier molecular flexibility index (Phi) is 4.64. The van der Waals surface area contributed by atoms with Crippen LogP contribution >= 0.6 is 28.3 Å². The van der Waals surface area contributed by atoms with Crippen molar-refractivity contribution >= 4 is 44.9 Å². The smallest absolute Gasteiger partial charge is 0.234 e. The molecule has 24 heavy (non-hydrogen) atoms. The summed E-state index contributed by atoms with van der Waals surface area (Å²) in [5, 5.41) is 6.26. The van der Waals surface area contributed by atoms with Crippen LogP contribution in [0.2, 0.25) is 0 Å². The molecule has 4 rings (SSSR count). The van der Waals surface area contributed by atoms with Crippen molar-refractivity contribution in [1.82, 2.24) is 19.4 Å². The Morgan fingerprint density at radius 3 is 2.83 bits per heavy atom. The lowest BCUT2D eigenvalue weighted by Gasteiger charge is -2.03. The molecule has 0 unspecified atom stereocenters. The van der Waals surface area contributed by atoms with Crippen LogP contribution in [0, 0.1) is 13.8 Å². The quantitative estimate of drug-likeness (QED) is 0.535. The zero-order chi connectivity index (χ0) is 15.8. The number of nitrogens with zero attached hydrogens (tertiary/aromatic N) is 4. The van der Waals surface area contributed by atoms with Gasteiger partial charge in [-0.15, -0.1) is 28.3 Å². The number of fused-ring (bicyclic) bond motifs is 1. The summed E-state index contributed by atoms with van der Waals surface area (Å²) in [5.74, 6) is 0.696. The van der Waals surface area contributed by atoms with Crippen LogP contribution in [-0.4, -0.2) is 19.4 Å². The molecule has 0 atom stereocenters. The number of thiazole rings is 1. The molecule has 0 saturated carbocycles. The molecule has 3 aromatic heterocycles. The second kappa shape index (κ2) is 6.70. The van der Waals surface area contributed by atoms with Crippen molar-refractivity contribution in [3.8, 4) is 11.4 Å². The van der Waals surface area contributed by atoms with Crippen molar-refractivity contribution in [2.75, 3.05) is 5.32 Å². The number of imidazole rings is 1. The Hall–Kier alpha value is -2.25. The van der Waals surface area contributed by atoms with E-state index in [0.29, 0.717) is 5.78 Å². The maximum atomic E-state index is 4.71. The van der Waals surface area contributed by atoms with Crippen molar-refractivity contribution in [2.45, 2.75) is 13.8 Å². The summed E-state index contributed by atoms with van der Waals surface area (Å²) in [6, 6.07) is 10.2. The standard InChI is InChI=1S/C17H15N5S.BrH/c1-11-5-3-6-13(9-11)20-17-21-14(10-23-17)15-12(2)19-16-18-7-4-8-22(15)16;/h3-10H,1-2H3,(H,20,21);1H. The molecule has 1 aromatic carbocycles. The lowest BCUT2D eigenvalue weighted by molar-refractivity contribution is 1.11. The summed E-state index contributed by atoms with van der Waals surface area (Å²) in [7, 11) is 0. The summed E-state index contributed by atoms with van der Waals surface area (Å²) < 4.78 is 1.97. The fraction of sp³-hybridized carbons (Fsp3) is 0.118. The Balaban J connectivity index is 0.00000169. The predicted molar refractivity (Wildman–Crippen MR) is 104 cm³/mol. The van der Waals surface area contributed by atoms with Crippen molar-refractivity contribution < 1.29 is 0 Å². The Morgan fingerprint density at radius 2 is 2.00 bits per heavy atom. The number of halogens is 1. The van der Waals surface area contributed by atoms with Crippen molar-refractivity contribution in [3.63, 3.8) is 0 Å². The lowest BCUT2D eigenvalue weighted by atomic mass is 10.2. The van der Waals surface area contributed by atoms with E-state index in [1.165, 1.54) is 5.56 Å². The predicted octanol–water partition coefficient (Wildman–Crippen LogP) is 4.79. The van der Waals surface area contributed by atoms with E-state index in [1.807, 2.05) is 41.1 Å². The van der Waals surface area contributed by atoms with Gasteiger partial charge < -0.3 is 5.32 Å². The minimum Gasteiger partial charge on any atom is -0.332 e. The lowest BCUT2D eigenvalue weighted by Crippen LogP contribution is -1.92. The van der Waals surface area contributed by atoms with Crippen molar-refractivity contribution in [3.05, 3.63) is 59.4 Å². The molecule has 7 heteroatoms. The van der Waals surface area contributed by atoms with Gasteiger partial charge in [-0.25, -0.2) is 15.0 Å². The van der Waals surface area contributed by atoms with E-state index >= 15 is 0 Å². The fourth-order valence-electron chi connectivity index (χ4n) is 2.59. The molecule has 5 nitrogen and oxygen atoms in total. The largest absolute Gasteiger partial charge is 0.332 e. The molecule has 122 valence electrons. The Bertz CT molecular complexity index is 991. The molecule has 0 saturated heterocycles. The SMILES string of the molecule is Br.Cc1cccc(Nc2nc(-c3c(C)nc4ncccn34)cs2)c1. The first-order chi connectivity index (χ1) is 11.2. The van der Waals surface area contributed by atoms with Crippen LogP contribution in [0.25, 0.3) is 17.2 Å². The number of benzene rings is 1. The van der Waals surface area contributed by atoms with E-state index in [2.05, 4.69) is 34.3 Å². The summed E-state index contributed by atoms with van der Waals surface area (Å²) >= 11 is 1.58. The number of nitrogens with one attached hydrogen (secondary N) is 1. The summed E-state index contributed by atoms with van der Waals surface area (Å²) in [5.41, 5.74) is 5.08. The minimum absolute atomic E-state index is 0. The monoisotopic (exact) mass is 401 g/mol. The molecule has 4 aromatic rings. The van der Waals surface area contributed by atoms with Crippen LogP contribution in [0.5, 0.6) is 0 Å². The second-order valence-electron chi connectivity index (χ2n) is 5.37. The highest BCUT2D eigenvalue weighted by atomic mass is 79.9. The number of aromatic nitrogens is 4. The van der Waals surface area contributed by atoms with Gasteiger partial charge in [-0.2, -0.15) is 0 Å². The van der Waals surface area contributed by atoms with Gasteiger partial charge in [0.1, 0.15) is 5.69 Å². The van der Waals surface area contributed by atoms with Crippen LogP contribution in [0.15, 0.2) is 48.1 Å². The van der Waals surface area contributed by atoms with E-state index in [0.717, 1.165) is 27.9 Å². The maximum Gasteiger partial charge on any atom is 0.234 e. The first-order valence-electron chi connectivity index (χ1n) is 7.30. The molecular weight excluding hydrogens is 386 g/mol. The molecular formula is C17H16BrN5S.